The maximum Gasteiger partial charge on any atom is 0.339 e. The molecule has 0 saturated heterocycles. The first-order valence-corrected chi connectivity index (χ1v) is 6.59. The van der Waals surface area contributed by atoms with Gasteiger partial charge in [0.15, 0.2) is 0 Å². The average molecular weight is 257 g/mol. The van der Waals surface area contributed by atoms with Gasteiger partial charge >= 0.3 is 5.97 Å². The SMILES string of the molecule is CC(CNc1ncc(N)cc1C(=O)O)S(C)=O. The van der Waals surface area contributed by atoms with E-state index in [1.807, 2.05) is 0 Å². The fourth-order valence-electron chi connectivity index (χ4n) is 1.14. The minimum atomic E-state index is -1.10. The predicted octanol–water partition coefficient (Wildman–Crippen LogP) is 0.541. The van der Waals surface area contributed by atoms with Crippen LogP contribution in [0.4, 0.5) is 11.5 Å². The summed E-state index contributed by atoms with van der Waals surface area (Å²) in [5, 5.41) is 11.7. The molecule has 0 bridgehead atoms. The molecular formula is C10H15N3O3S. The molecule has 0 fully saturated rings. The zero-order valence-corrected chi connectivity index (χ0v) is 10.5. The van der Waals surface area contributed by atoms with Crippen molar-refractivity contribution < 1.29 is 14.1 Å². The number of aromatic nitrogens is 1. The van der Waals surface area contributed by atoms with Crippen molar-refractivity contribution in [2.75, 3.05) is 23.9 Å². The van der Waals surface area contributed by atoms with Crippen LogP contribution in [0.25, 0.3) is 0 Å². The lowest BCUT2D eigenvalue weighted by atomic mass is 10.2. The van der Waals surface area contributed by atoms with E-state index in [1.54, 1.807) is 13.2 Å². The Balaban J connectivity index is 2.84. The highest BCUT2D eigenvalue weighted by molar-refractivity contribution is 7.84. The summed E-state index contributed by atoms with van der Waals surface area (Å²) in [6.07, 6.45) is 2.98. The number of nitrogens with two attached hydrogens (primary N) is 1. The van der Waals surface area contributed by atoms with Gasteiger partial charge in [-0.2, -0.15) is 0 Å². The van der Waals surface area contributed by atoms with E-state index in [0.717, 1.165) is 0 Å². The van der Waals surface area contributed by atoms with Crippen LogP contribution in [0.1, 0.15) is 17.3 Å². The van der Waals surface area contributed by atoms with E-state index in [4.69, 9.17) is 10.8 Å². The van der Waals surface area contributed by atoms with Crippen LogP contribution in [0.3, 0.4) is 0 Å². The van der Waals surface area contributed by atoms with Crippen LogP contribution < -0.4 is 11.1 Å². The summed E-state index contributed by atoms with van der Waals surface area (Å²) in [4.78, 5) is 14.9. The van der Waals surface area contributed by atoms with E-state index in [2.05, 4.69) is 10.3 Å². The van der Waals surface area contributed by atoms with Crippen molar-refractivity contribution in [3.8, 4) is 0 Å². The van der Waals surface area contributed by atoms with Crippen molar-refractivity contribution >= 4 is 28.3 Å². The van der Waals surface area contributed by atoms with Gasteiger partial charge in [0.25, 0.3) is 0 Å². The van der Waals surface area contributed by atoms with Crippen LogP contribution >= 0.6 is 0 Å². The number of rotatable bonds is 5. The highest BCUT2D eigenvalue weighted by Gasteiger charge is 2.13. The number of anilines is 2. The number of nitrogens with one attached hydrogen (secondary N) is 1. The van der Waals surface area contributed by atoms with Crippen molar-refractivity contribution in [3.05, 3.63) is 17.8 Å². The van der Waals surface area contributed by atoms with Gasteiger partial charge in [-0.05, 0) is 13.0 Å². The second-order valence-electron chi connectivity index (χ2n) is 3.66. The number of nitrogens with zero attached hydrogens (tertiary/aromatic N) is 1. The van der Waals surface area contributed by atoms with E-state index < -0.39 is 16.8 Å². The van der Waals surface area contributed by atoms with Gasteiger partial charge in [0.05, 0.1) is 11.9 Å². The van der Waals surface area contributed by atoms with Crippen molar-refractivity contribution in [1.82, 2.24) is 4.98 Å². The Labute approximate surface area is 102 Å². The lowest BCUT2D eigenvalue weighted by Crippen LogP contribution is -2.22. The fourth-order valence-corrected chi connectivity index (χ4v) is 1.46. The van der Waals surface area contributed by atoms with Gasteiger partial charge in [-0.15, -0.1) is 0 Å². The smallest absolute Gasteiger partial charge is 0.339 e. The zero-order chi connectivity index (χ0) is 13.0. The first kappa shape index (κ1) is 13.4. The largest absolute Gasteiger partial charge is 0.478 e. The molecule has 2 unspecified atom stereocenters. The normalized spacial score (nSPS) is 14.0. The van der Waals surface area contributed by atoms with Crippen LogP contribution in [-0.4, -0.2) is 38.3 Å². The van der Waals surface area contributed by atoms with Crippen molar-refractivity contribution in [2.24, 2.45) is 0 Å². The number of carboxylic acids is 1. The summed E-state index contributed by atoms with van der Waals surface area (Å²) in [5.74, 6) is -0.860. The third-order valence-corrected chi connectivity index (χ3v) is 3.56. The number of hydrogen-bond donors (Lipinski definition) is 3. The van der Waals surface area contributed by atoms with Gasteiger partial charge < -0.3 is 16.2 Å². The third-order valence-electron chi connectivity index (χ3n) is 2.26. The number of hydrogen-bond acceptors (Lipinski definition) is 5. The molecule has 7 heteroatoms. The minimum Gasteiger partial charge on any atom is -0.478 e. The molecule has 1 heterocycles. The maximum absolute atomic E-state index is 11.2. The molecule has 1 aromatic rings. The fraction of sp³-hybridized carbons (Fsp3) is 0.400. The summed E-state index contributed by atoms with van der Waals surface area (Å²) in [6, 6.07) is 1.34. The molecule has 94 valence electrons. The van der Waals surface area contributed by atoms with E-state index in [1.165, 1.54) is 12.3 Å². The molecule has 0 aliphatic heterocycles. The van der Waals surface area contributed by atoms with Gasteiger partial charge in [0.1, 0.15) is 11.4 Å². The number of carbonyl (C=O) groups is 1. The minimum absolute atomic E-state index is 0.0130. The first-order chi connectivity index (χ1) is 7.91. The Bertz CT molecular complexity index is 450. The Morgan fingerprint density at radius 2 is 2.35 bits per heavy atom. The number of aromatic carboxylic acids is 1. The Hall–Kier alpha value is -1.63. The molecule has 4 N–H and O–H groups in total. The molecule has 1 aromatic heterocycles. The van der Waals surface area contributed by atoms with Crippen molar-refractivity contribution in [1.29, 1.82) is 0 Å². The molecule has 2 atom stereocenters. The molecule has 0 aromatic carbocycles. The molecule has 6 nitrogen and oxygen atoms in total. The van der Waals surface area contributed by atoms with Crippen molar-refractivity contribution in [3.63, 3.8) is 0 Å². The topological polar surface area (TPSA) is 105 Å². The number of carboxylic acid groups (broad SMARTS) is 1. The number of pyridine rings is 1. The van der Waals surface area contributed by atoms with Crippen LogP contribution in [-0.2, 0) is 10.8 Å². The van der Waals surface area contributed by atoms with Gasteiger partial charge in [-0.1, -0.05) is 0 Å². The van der Waals surface area contributed by atoms with Gasteiger partial charge in [0, 0.05) is 28.9 Å². The third kappa shape index (κ3) is 3.70. The molecule has 0 amide bonds. The lowest BCUT2D eigenvalue weighted by Gasteiger charge is -2.12. The summed E-state index contributed by atoms with van der Waals surface area (Å²) in [6.45, 7) is 2.20. The standard InChI is InChI=1S/C10H15N3O3S/c1-6(17(2)16)4-12-9-8(10(14)15)3-7(11)5-13-9/h3,5-6H,4,11H2,1-2H3,(H,12,13)(H,14,15). The Kier molecular flexibility index (Phi) is 4.45. The highest BCUT2D eigenvalue weighted by Crippen LogP contribution is 2.15. The van der Waals surface area contributed by atoms with Crippen LogP contribution in [0.5, 0.6) is 0 Å². The maximum atomic E-state index is 11.2. The molecule has 0 saturated carbocycles. The molecule has 17 heavy (non-hydrogen) atoms. The molecule has 1 rings (SSSR count). The first-order valence-electron chi connectivity index (χ1n) is 4.96. The predicted molar refractivity (Wildman–Crippen MR) is 67.6 cm³/mol. The molecule has 0 aliphatic carbocycles. The van der Waals surface area contributed by atoms with Gasteiger partial charge in [0.2, 0.25) is 0 Å². The average Bonchev–Trinajstić information content (AvgIpc) is 2.26. The van der Waals surface area contributed by atoms with Crippen molar-refractivity contribution in [2.45, 2.75) is 12.2 Å². The van der Waals surface area contributed by atoms with Gasteiger partial charge in [-0.25, -0.2) is 9.78 Å². The van der Waals surface area contributed by atoms with E-state index in [-0.39, 0.29) is 16.6 Å². The summed E-state index contributed by atoms with van der Waals surface area (Å²) < 4.78 is 11.2. The zero-order valence-electron chi connectivity index (χ0n) is 9.64. The van der Waals surface area contributed by atoms with Gasteiger partial charge in [-0.3, -0.25) is 4.21 Å². The van der Waals surface area contributed by atoms with Crippen LogP contribution in [0, 0.1) is 0 Å². The van der Waals surface area contributed by atoms with E-state index in [9.17, 15) is 9.00 Å². The summed E-state index contributed by atoms with van der Waals surface area (Å²) in [7, 11) is -0.968. The van der Waals surface area contributed by atoms with E-state index in [0.29, 0.717) is 12.2 Å². The molecular weight excluding hydrogens is 242 g/mol. The number of nitrogen functional groups attached to an aromatic ring is 1. The highest BCUT2D eigenvalue weighted by atomic mass is 32.2. The van der Waals surface area contributed by atoms with E-state index >= 15 is 0 Å². The Morgan fingerprint density at radius 1 is 1.71 bits per heavy atom. The Morgan fingerprint density at radius 3 is 2.88 bits per heavy atom. The lowest BCUT2D eigenvalue weighted by molar-refractivity contribution is 0.0697. The quantitative estimate of drug-likeness (QED) is 0.711. The summed E-state index contributed by atoms with van der Waals surface area (Å²) in [5.41, 5.74) is 5.77. The monoisotopic (exact) mass is 257 g/mol. The molecule has 0 spiro atoms. The van der Waals surface area contributed by atoms with Crippen LogP contribution in [0.15, 0.2) is 12.3 Å². The molecule has 0 aliphatic rings. The second-order valence-corrected chi connectivity index (χ2v) is 5.46. The second kappa shape index (κ2) is 5.62. The molecule has 0 radical (unpaired) electrons. The summed E-state index contributed by atoms with van der Waals surface area (Å²) >= 11 is 0. The van der Waals surface area contributed by atoms with Crippen LogP contribution in [0.2, 0.25) is 0 Å².